The quantitative estimate of drug-likeness (QED) is 0.468. The van der Waals surface area contributed by atoms with Crippen molar-refractivity contribution in [2.24, 2.45) is 0 Å². The van der Waals surface area contributed by atoms with Gasteiger partial charge in [-0.3, -0.25) is 0 Å². The van der Waals surface area contributed by atoms with Gasteiger partial charge in [-0.1, -0.05) is 0 Å². The zero-order valence-corrected chi connectivity index (χ0v) is 9.76. The third-order valence-corrected chi connectivity index (χ3v) is 0. The van der Waals surface area contributed by atoms with E-state index >= 15 is 0 Å². The van der Waals surface area contributed by atoms with Crippen molar-refractivity contribution in [2.75, 3.05) is 0 Å². The van der Waals surface area contributed by atoms with Gasteiger partial charge in [0.05, 0.1) is 0 Å². The number of hydrogen-bond acceptors (Lipinski definition) is 0. The maximum atomic E-state index is 0. The fraction of sp³-hybridized carbons (Fsp3) is 0. The molecular formula is AlBiO5Ti. The smallest absolute Gasteiger partial charge is 2.00 e. The second-order valence-electron chi connectivity index (χ2n) is 0. The van der Waals surface area contributed by atoms with Crippen LogP contribution in [-0.2, 0) is 49.1 Å². The van der Waals surface area contributed by atoms with E-state index in [1.165, 1.54) is 0 Å². The summed E-state index contributed by atoms with van der Waals surface area (Å²) in [6.45, 7) is 0. The van der Waals surface area contributed by atoms with E-state index in [2.05, 4.69) is 0 Å². The van der Waals surface area contributed by atoms with E-state index in [1.807, 2.05) is 0 Å². The Labute approximate surface area is 91.9 Å². The second kappa shape index (κ2) is 151. The van der Waals surface area contributed by atoms with Crippen LogP contribution in [0.3, 0.4) is 0 Å². The molecule has 0 saturated heterocycles. The Morgan fingerprint density at radius 2 is 0.500 bits per heavy atom. The standard InChI is InChI=1S/Al.Bi.5O.Ti/q2*+3;5*-2;+4. The molecule has 0 rings (SSSR count). The van der Waals surface area contributed by atoms with Crippen molar-refractivity contribution in [3.05, 3.63) is 0 Å². The SMILES string of the molecule is [Al+3].[Bi+3].[O-2].[O-2].[O-2].[O-2].[O-2].[Ti+4]. The first kappa shape index (κ1) is 213. The molecule has 0 aromatic carbocycles. The third-order valence-electron chi connectivity index (χ3n) is 0. The molecule has 0 aliphatic heterocycles. The Morgan fingerprint density at radius 1 is 0.500 bits per heavy atom. The van der Waals surface area contributed by atoms with Gasteiger partial charge in [0.1, 0.15) is 0 Å². The summed E-state index contributed by atoms with van der Waals surface area (Å²) in [6.07, 6.45) is 0. The van der Waals surface area contributed by atoms with Gasteiger partial charge in [0, 0.05) is 0 Å². The Balaban J connectivity index is 0. The van der Waals surface area contributed by atoms with E-state index in [1.54, 1.807) is 0 Å². The van der Waals surface area contributed by atoms with Crippen LogP contribution in [-0.4, -0.2) is 43.6 Å². The van der Waals surface area contributed by atoms with Crippen molar-refractivity contribution in [3.63, 3.8) is 0 Å². The van der Waals surface area contributed by atoms with Crippen LogP contribution in [0.4, 0.5) is 0 Å². The minimum atomic E-state index is 0. The molecule has 0 amide bonds. The number of rotatable bonds is 0. The molecular weight excluding hydrogens is 364 g/mol. The van der Waals surface area contributed by atoms with Crippen LogP contribution < -0.4 is 0 Å². The van der Waals surface area contributed by atoms with E-state index in [0.29, 0.717) is 0 Å². The monoisotopic (exact) mass is 364 g/mol. The first-order valence-electron chi connectivity index (χ1n) is 0. The van der Waals surface area contributed by atoms with Gasteiger partial charge in [-0.25, -0.2) is 0 Å². The van der Waals surface area contributed by atoms with E-state index in [9.17, 15) is 0 Å². The van der Waals surface area contributed by atoms with Crippen molar-refractivity contribution in [2.45, 2.75) is 0 Å². The summed E-state index contributed by atoms with van der Waals surface area (Å²) >= 11 is 0. The molecule has 8 heavy (non-hydrogen) atoms. The van der Waals surface area contributed by atoms with Crippen molar-refractivity contribution in [1.82, 2.24) is 0 Å². The summed E-state index contributed by atoms with van der Waals surface area (Å²) < 4.78 is 0. The van der Waals surface area contributed by atoms with Crippen LogP contribution in [0.2, 0.25) is 0 Å². The second-order valence-corrected chi connectivity index (χ2v) is 0. The van der Waals surface area contributed by atoms with Gasteiger partial charge in [-0.2, -0.15) is 0 Å². The molecule has 0 unspecified atom stereocenters. The van der Waals surface area contributed by atoms with Gasteiger partial charge in [-0.05, 0) is 0 Å². The predicted molar refractivity (Wildman–Crippen MR) is 14.9 cm³/mol. The Bertz CT molecular complexity index is 12.4. The maximum Gasteiger partial charge on any atom is 4.00 e. The minimum Gasteiger partial charge on any atom is -2.00 e. The average Bonchev–Trinajstić information content (AvgIpc) is 0. The first-order chi connectivity index (χ1) is 0. The van der Waals surface area contributed by atoms with Crippen molar-refractivity contribution >= 4 is 43.6 Å². The van der Waals surface area contributed by atoms with E-state index in [4.69, 9.17) is 0 Å². The van der Waals surface area contributed by atoms with E-state index < -0.39 is 0 Å². The zero-order chi connectivity index (χ0) is 0. The molecule has 2 radical (unpaired) electrons. The maximum absolute atomic E-state index is 0. The van der Waals surface area contributed by atoms with Crippen molar-refractivity contribution in [1.29, 1.82) is 0 Å². The van der Waals surface area contributed by atoms with Crippen LogP contribution >= 0.6 is 0 Å². The zero-order valence-electron chi connectivity index (χ0n) is 3.57. The molecule has 0 spiro atoms. The minimum absolute atomic E-state index is 0. The van der Waals surface area contributed by atoms with Gasteiger partial charge in [0.25, 0.3) is 0 Å². The Hall–Kier alpha value is 1.93. The molecule has 0 fully saturated rings. The van der Waals surface area contributed by atoms with Gasteiger partial charge >= 0.3 is 65.3 Å². The molecule has 42 valence electrons. The fourth-order valence-corrected chi connectivity index (χ4v) is 0. The van der Waals surface area contributed by atoms with Crippen LogP contribution in [0.5, 0.6) is 0 Å². The number of hydrogen-bond donors (Lipinski definition) is 0. The van der Waals surface area contributed by atoms with Gasteiger partial charge in [0.15, 0.2) is 0 Å². The normalized spacial score (nSPS) is 0. The fourth-order valence-electron chi connectivity index (χ4n) is 0. The topological polar surface area (TPSA) is 142 Å². The molecule has 5 nitrogen and oxygen atoms in total. The van der Waals surface area contributed by atoms with Crippen LogP contribution in [0.25, 0.3) is 0 Å². The molecule has 0 saturated carbocycles. The molecule has 0 heterocycles. The summed E-state index contributed by atoms with van der Waals surface area (Å²) in [5.41, 5.74) is 0. The molecule has 0 aliphatic carbocycles. The van der Waals surface area contributed by atoms with E-state index in [-0.39, 0.29) is 92.7 Å². The summed E-state index contributed by atoms with van der Waals surface area (Å²) in [5.74, 6) is 0. The Kier molecular flexibility index (Phi) is 4010. The van der Waals surface area contributed by atoms with Crippen LogP contribution in [0, 0.1) is 0 Å². The molecule has 8 heteroatoms. The van der Waals surface area contributed by atoms with Gasteiger partial charge in [0.2, 0.25) is 0 Å². The first-order valence-corrected chi connectivity index (χ1v) is 0. The average molecular weight is 364 g/mol. The third kappa shape index (κ3) is 102. The van der Waals surface area contributed by atoms with E-state index in [0.717, 1.165) is 0 Å². The Morgan fingerprint density at radius 3 is 0.500 bits per heavy atom. The van der Waals surface area contributed by atoms with Gasteiger partial charge in [-0.15, -0.1) is 0 Å². The summed E-state index contributed by atoms with van der Waals surface area (Å²) in [6, 6.07) is 0. The molecule has 0 bridgehead atoms. The summed E-state index contributed by atoms with van der Waals surface area (Å²) in [5, 5.41) is 0. The molecule has 0 aromatic heterocycles. The molecule has 0 aliphatic rings. The predicted octanol–water partition coefficient (Wildman–Crippen LogP) is -1.36. The largest absolute Gasteiger partial charge is 4.00 e. The summed E-state index contributed by atoms with van der Waals surface area (Å²) in [4.78, 5) is 0. The van der Waals surface area contributed by atoms with Crippen LogP contribution in [0.1, 0.15) is 0 Å². The van der Waals surface area contributed by atoms with Crippen molar-refractivity contribution < 1.29 is 49.1 Å². The molecule has 0 atom stereocenters. The van der Waals surface area contributed by atoms with Crippen LogP contribution in [0.15, 0.2) is 0 Å². The van der Waals surface area contributed by atoms with Gasteiger partial charge < -0.3 is 27.4 Å². The molecule has 0 aromatic rings. The summed E-state index contributed by atoms with van der Waals surface area (Å²) in [7, 11) is 0. The molecule has 0 N–H and O–H groups in total. The van der Waals surface area contributed by atoms with Crippen molar-refractivity contribution in [3.8, 4) is 0 Å².